The summed E-state index contributed by atoms with van der Waals surface area (Å²) in [4.78, 5) is 13.4. The molecule has 5 rings (SSSR count). The van der Waals surface area contributed by atoms with Gasteiger partial charge in [-0.2, -0.15) is 0 Å². The molecule has 0 aliphatic heterocycles. The number of hydrogen-bond donors (Lipinski definition) is 0. The van der Waals surface area contributed by atoms with E-state index in [1.807, 2.05) is 35.7 Å². The maximum atomic E-state index is 6.03. The van der Waals surface area contributed by atoms with Gasteiger partial charge in [0, 0.05) is 17.7 Å². The normalized spacial score (nSPS) is 12.2. The van der Waals surface area contributed by atoms with Gasteiger partial charge in [0.1, 0.15) is 17.7 Å². The van der Waals surface area contributed by atoms with Gasteiger partial charge in [0.15, 0.2) is 3.92 Å². The molecule has 4 aromatic heterocycles. The number of benzene rings is 1. The second-order valence-electron chi connectivity index (χ2n) is 7.39. The summed E-state index contributed by atoms with van der Waals surface area (Å²) < 4.78 is 12.3. The summed E-state index contributed by atoms with van der Waals surface area (Å²) >= 11 is 4.97. The number of pyridine rings is 1. The Morgan fingerprint density at radius 1 is 1.00 bits per heavy atom. The van der Waals surface area contributed by atoms with E-state index < -0.39 is 0 Å². The van der Waals surface area contributed by atoms with Gasteiger partial charge in [0.25, 0.3) is 5.89 Å². The Morgan fingerprint density at radius 3 is 2.53 bits per heavy atom. The average molecular weight is 508 g/mol. The Labute approximate surface area is 196 Å². The molecule has 0 fully saturated rings. The van der Waals surface area contributed by atoms with Gasteiger partial charge in [-0.15, -0.1) is 21.5 Å². The number of aromatic nitrogens is 5. The van der Waals surface area contributed by atoms with E-state index in [0.717, 1.165) is 21.6 Å². The average Bonchev–Trinajstić information content (AvgIpc) is 3.57. The van der Waals surface area contributed by atoms with Crippen LogP contribution in [0.25, 0.3) is 23.2 Å². The molecule has 0 N–H and O–H groups in total. The maximum absolute atomic E-state index is 6.03. The van der Waals surface area contributed by atoms with Gasteiger partial charge in [-0.05, 0) is 45.6 Å². The summed E-state index contributed by atoms with van der Waals surface area (Å²) in [7, 11) is 0. The zero-order valence-electron chi connectivity index (χ0n) is 17.1. The second kappa shape index (κ2) is 9.13. The number of rotatable bonds is 7. The SMILES string of the molecule is CC(Cc1ccccc1)c1nnc(-c2cc(Cc3csc(Br)n3)cc(-c3ncco3)n2)o1. The van der Waals surface area contributed by atoms with E-state index in [9.17, 15) is 0 Å². The second-order valence-corrected chi connectivity index (χ2v) is 9.52. The maximum Gasteiger partial charge on any atom is 0.266 e. The summed E-state index contributed by atoms with van der Waals surface area (Å²) in [5, 5.41) is 10.6. The van der Waals surface area contributed by atoms with Crippen molar-refractivity contribution in [3.05, 3.63) is 86.9 Å². The van der Waals surface area contributed by atoms with E-state index in [-0.39, 0.29) is 5.92 Å². The molecule has 4 heterocycles. The Hall–Kier alpha value is -3.17. The summed E-state index contributed by atoms with van der Waals surface area (Å²) in [5.74, 6) is 1.47. The Bertz CT molecular complexity index is 1320. The molecule has 0 bridgehead atoms. The molecule has 5 aromatic rings. The highest BCUT2D eigenvalue weighted by Gasteiger charge is 2.19. The first-order valence-corrected chi connectivity index (χ1v) is 11.7. The molecule has 0 aliphatic rings. The number of halogens is 1. The van der Waals surface area contributed by atoms with Crippen molar-refractivity contribution >= 4 is 27.3 Å². The Morgan fingerprint density at radius 2 is 1.81 bits per heavy atom. The highest BCUT2D eigenvalue weighted by atomic mass is 79.9. The third-order valence-corrected chi connectivity index (χ3v) is 6.33. The minimum Gasteiger partial charge on any atom is -0.443 e. The fourth-order valence-corrected chi connectivity index (χ4v) is 4.47. The Kier molecular flexibility index (Phi) is 5.91. The van der Waals surface area contributed by atoms with E-state index in [0.29, 0.717) is 35.5 Å². The quantitative estimate of drug-likeness (QED) is 0.269. The molecular formula is C23H18BrN5O2S. The van der Waals surface area contributed by atoms with Crippen LogP contribution in [0.15, 0.2) is 73.1 Å². The smallest absolute Gasteiger partial charge is 0.266 e. The van der Waals surface area contributed by atoms with Crippen LogP contribution >= 0.6 is 27.3 Å². The van der Waals surface area contributed by atoms with Crippen molar-refractivity contribution < 1.29 is 8.83 Å². The van der Waals surface area contributed by atoms with Gasteiger partial charge in [0.05, 0.1) is 11.9 Å². The van der Waals surface area contributed by atoms with Crippen LogP contribution in [-0.4, -0.2) is 25.1 Å². The van der Waals surface area contributed by atoms with E-state index >= 15 is 0 Å². The molecule has 0 radical (unpaired) electrons. The standard InChI is InChI=1S/C23H18BrN5O2S/c1-14(9-15-5-3-2-4-6-15)20-28-29-22(31-20)19-12-16(10-17-13-32-23(24)26-17)11-18(27-19)21-25-7-8-30-21/h2-8,11-14H,9-10H2,1H3. The largest absolute Gasteiger partial charge is 0.443 e. The lowest BCUT2D eigenvalue weighted by molar-refractivity contribution is 0.465. The molecule has 32 heavy (non-hydrogen) atoms. The van der Waals surface area contributed by atoms with Crippen molar-refractivity contribution in [2.24, 2.45) is 0 Å². The molecule has 0 saturated heterocycles. The molecule has 7 nitrogen and oxygen atoms in total. The number of hydrogen-bond acceptors (Lipinski definition) is 8. The fourth-order valence-electron chi connectivity index (χ4n) is 3.42. The van der Waals surface area contributed by atoms with Gasteiger partial charge >= 0.3 is 0 Å². The van der Waals surface area contributed by atoms with Crippen LogP contribution in [0.1, 0.15) is 35.6 Å². The molecule has 0 amide bonds. The molecule has 0 spiro atoms. The van der Waals surface area contributed by atoms with Crippen LogP contribution < -0.4 is 0 Å². The number of oxazole rings is 1. The summed E-state index contributed by atoms with van der Waals surface area (Å²) in [5.41, 5.74) is 4.36. The van der Waals surface area contributed by atoms with Crippen LogP contribution in [0.5, 0.6) is 0 Å². The first-order valence-electron chi connectivity index (χ1n) is 10.0. The third-order valence-electron chi connectivity index (χ3n) is 4.91. The van der Waals surface area contributed by atoms with E-state index in [1.54, 1.807) is 17.5 Å². The monoisotopic (exact) mass is 507 g/mol. The lowest BCUT2D eigenvalue weighted by Crippen LogP contribution is -1.98. The van der Waals surface area contributed by atoms with Crippen molar-refractivity contribution in [1.29, 1.82) is 0 Å². The number of nitrogens with zero attached hydrogens (tertiary/aromatic N) is 5. The molecule has 0 saturated carbocycles. The molecule has 1 atom stereocenters. The van der Waals surface area contributed by atoms with Crippen LogP contribution in [0.3, 0.4) is 0 Å². The zero-order chi connectivity index (χ0) is 21.9. The summed E-state index contributed by atoms with van der Waals surface area (Å²) in [6, 6.07) is 14.1. The molecular weight excluding hydrogens is 490 g/mol. The first-order chi connectivity index (χ1) is 15.6. The van der Waals surface area contributed by atoms with E-state index in [2.05, 4.69) is 60.1 Å². The first kappa shape index (κ1) is 20.7. The van der Waals surface area contributed by atoms with Gasteiger partial charge in [-0.1, -0.05) is 37.3 Å². The molecule has 1 unspecified atom stereocenters. The van der Waals surface area contributed by atoms with Crippen molar-refractivity contribution in [2.45, 2.75) is 25.7 Å². The van der Waals surface area contributed by atoms with Gasteiger partial charge in [-0.3, -0.25) is 0 Å². The minimum atomic E-state index is 0.0837. The van der Waals surface area contributed by atoms with Crippen LogP contribution in [0.2, 0.25) is 0 Å². The third kappa shape index (κ3) is 4.68. The van der Waals surface area contributed by atoms with Crippen molar-refractivity contribution in [3.8, 4) is 23.2 Å². The predicted octanol–water partition coefficient (Wildman–Crippen LogP) is 5.94. The van der Waals surface area contributed by atoms with Crippen molar-refractivity contribution in [3.63, 3.8) is 0 Å². The lowest BCUT2D eigenvalue weighted by atomic mass is 10.0. The topological polar surface area (TPSA) is 90.7 Å². The molecule has 160 valence electrons. The lowest BCUT2D eigenvalue weighted by Gasteiger charge is -2.07. The molecule has 1 aromatic carbocycles. The summed E-state index contributed by atoms with van der Waals surface area (Å²) in [6.07, 6.45) is 4.57. The van der Waals surface area contributed by atoms with Crippen molar-refractivity contribution in [2.75, 3.05) is 0 Å². The van der Waals surface area contributed by atoms with E-state index in [1.165, 1.54) is 11.8 Å². The van der Waals surface area contributed by atoms with Crippen LogP contribution in [-0.2, 0) is 12.8 Å². The summed E-state index contributed by atoms with van der Waals surface area (Å²) in [6.45, 7) is 2.08. The van der Waals surface area contributed by atoms with Crippen LogP contribution in [0.4, 0.5) is 0 Å². The number of thiazole rings is 1. The van der Waals surface area contributed by atoms with Gasteiger partial charge in [0.2, 0.25) is 11.8 Å². The van der Waals surface area contributed by atoms with Gasteiger partial charge < -0.3 is 8.83 Å². The van der Waals surface area contributed by atoms with Crippen molar-refractivity contribution in [1.82, 2.24) is 25.1 Å². The van der Waals surface area contributed by atoms with Gasteiger partial charge in [-0.25, -0.2) is 15.0 Å². The predicted molar refractivity (Wildman–Crippen MR) is 124 cm³/mol. The highest BCUT2D eigenvalue weighted by Crippen LogP contribution is 2.28. The fraction of sp³-hybridized carbons (Fsp3) is 0.174. The Balaban J connectivity index is 1.46. The van der Waals surface area contributed by atoms with Crippen LogP contribution in [0, 0.1) is 0 Å². The molecule has 0 aliphatic carbocycles. The minimum absolute atomic E-state index is 0.0837. The highest BCUT2D eigenvalue weighted by molar-refractivity contribution is 9.11. The zero-order valence-corrected chi connectivity index (χ0v) is 19.5. The van der Waals surface area contributed by atoms with E-state index in [4.69, 9.17) is 8.83 Å². The molecule has 9 heteroatoms.